The Labute approximate surface area is 129 Å². The molecular formula is C19H28N2. The Hall–Kier alpha value is -1.64. The van der Waals surface area contributed by atoms with Crippen molar-refractivity contribution < 1.29 is 0 Å². The van der Waals surface area contributed by atoms with Gasteiger partial charge in [-0.3, -0.25) is 0 Å². The van der Waals surface area contributed by atoms with E-state index >= 15 is 0 Å². The van der Waals surface area contributed by atoms with Gasteiger partial charge in [-0.05, 0) is 44.9 Å². The minimum atomic E-state index is 0.266. The molecular weight excluding hydrogens is 256 g/mol. The summed E-state index contributed by atoms with van der Waals surface area (Å²) < 4.78 is 0. The van der Waals surface area contributed by atoms with Crippen LogP contribution in [0.2, 0.25) is 0 Å². The van der Waals surface area contributed by atoms with Gasteiger partial charge < -0.3 is 11.1 Å². The van der Waals surface area contributed by atoms with E-state index in [0.717, 1.165) is 12.8 Å². The van der Waals surface area contributed by atoms with Crippen LogP contribution < -0.4 is 11.1 Å². The summed E-state index contributed by atoms with van der Waals surface area (Å²) >= 11 is 0. The van der Waals surface area contributed by atoms with E-state index in [-0.39, 0.29) is 6.04 Å². The first-order valence-electron chi connectivity index (χ1n) is 7.62. The average molecular weight is 284 g/mol. The van der Waals surface area contributed by atoms with Gasteiger partial charge in [0.05, 0.1) is 0 Å². The first-order valence-corrected chi connectivity index (χ1v) is 7.62. The molecule has 2 atom stereocenters. The van der Waals surface area contributed by atoms with Crippen LogP contribution >= 0.6 is 0 Å². The van der Waals surface area contributed by atoms with Crippen LogP contribution in [0.3, 0.4) is 0 Å². The third kappa shape index (κ3) is 8.28. The van der Waals surface area contributed by atoms with Gasteiger partial charge in [-0.2, -0.15) is 0 Å². The van der Waals surface area contributed by atoms with Gasteiger partial charge in [0.15, 0.2) is 0 Å². The van der Waals surface area contributed by atoms with Crippen molar-refractivity contribution in [3.05, 3.63) is 71.8 Å². The number of hydrogen-bond donors (Lipinski definition) is 2. The SMILES string of the molecule is CNC(C)Cc1ccccc1.C[C@H](N)Cc1ccccc1. The first-order chi connectivity index (χ1) is 10.1. The predicted molar refractivity (Wildman–Crippen MR) is 92.5 cm³/mol. The van der Waals surface area contributed by atoms with Crippen LogP contribution in [-0.2, 0) is 12.8 Å². The highest BCUT2D eigenvalue weighted by Crippen LogP contribution is 2.02. The zero-order valence-electron chi connectivity index (χ0n) is 13.4. The highest BCUT2D eigenvalue weighted by atomic mass is 14.8. The van der Waals surface area contributed by atoms with Crippen molar-refractivity contribution in [2.45, 2.75) is 38.8 Å². The lowest BCUT2D eigenvalue weighted by atomic mass is 10.1. The summed E-state index contributed by atoms with van der Waals surface area (Å²) in [7, 11) is 1.99. The molecule has 2 heteroatoms. The normalized spacial score (nSPS) is 13.0. The van der Waals surface area contributed by atoms with Crippen molar-refractivity contribution in [3.8, 4) is 0 Å². The molecule has 0 aliphatic carbocycles. The molecule has 0 aliphatic rings. The Balaban J connectivity index is 0.000000211. The number of rotatable bonds is 5. The molecule has 0 saturated heterocycles. The highest BCUT2D eigenvalue weighted by molar-refractivity contribution is 5.16. The Bertz CT molecular complexity index is 465. The smallest absolute Gasteiger partial charge is 0.00761 e. The van der Waals surface area contributed by atoms with Gasteiger partial charge in [0.1, 0.15) is 0 Å². The average Bonchev–Trinajstić information content (AvgIpc) is 2.49. The molecule has 0 radical (unpaired) electrons. The second kappa shape index (κ2) is 10.1. The van der Waals surface area contributed by atoms with Crippen LogP contribution in [0, 0.1) is 0 Å². The lowest BCUT2D eigenvalue weighted by Gasteiger charge is -2.08. The monoisotopic (exact) mass is 284 g/mol. The van der Waals surface area contributed by atoms with E-state index in [9.17, 15) is 0 Å². The number of hydrogen-bond acceptors (Lipinski definition) is 2. The van der Waals surface area contributed by atoms with Gasteiger partial charge in [0.2, 0.25) is 0 Å². The lowest BCUT2D eigenvalue weighted by molar-refractivity contribution is 0.608. The van der Waals surface area contributed by atoms with Gasteiger partial charge in [0, 0.05) is 12.1 Å². The first kappa shape index (κ1) is 17.4. The van der Waals surface area contributed by atoms with Crippen molar-refractivity contribution in [1.29, 1.82) is 0 Å². The van der Waals surface area contributed by atoms with Crippen molar-refractivity contribution >= 4 is 0 Å². The highest BCUT2D eigenvalue weighted by Gasteiger charge is 1.97. The van der Waals surface area contributed by atoms with Gasteiger partial charge in [0.25, 0.3) is 0 Å². The summed E-state index contributed by atoms with van der Waals surface area (Å²) in [6.07, 6.45) is 2.08. The molecule has 2 aromatic rings. The van der Waals surface area contributed by atoms with E-state index in [1.165, 1.54) is 11.1 Å². The maximum Gasteiger partial charge on any atom is 0.00761 e. The fourth-order valence-corrected chi connectivity index (χ4v) is 2.06. The van der Waals surface area contributed by atoms with E-state index < -0.39 is 0 Å². The van der Waals surface area contributed by atoms with Crippen molar-refractivity contribution in [3.63, 3.8) is 0 Å². The molecule has 1 unspecified atom stereocenters. The Morgan fingerprint density at radius 2 is 1.24 bits per heavy atom. The van der Waals surface area contributed by atoms with Gasteiger partial charge in [-0.15, -0.1) is 0 Å². The van der Waals surface area contributed by atoms with Crippen LogP contribution in [0.15, 0.2) is 60.7 Å². The zero-order valence-corrected chi connectivity index (χ0v) is 13.4. The van der Waals surface area contributed by atoms with Crippen molar-refractivity contribution in [1.82, 2.24) is 5.32 Å². The minimum absolute atomic E-state index is 0.266. The standard InChI is InChI=1S/C10H15N.C9H13N/c1-9(11-2)8-10-6-4-3-5-7-10;1-8(10)7-9-5-3-2-4-6-9/h3-7,9,11H,8H2,1-2H3;2-6,8H,7,10H2,1H3/t;8-/m.0/s1. The molecule has 2 rings (SSSR count). The molecule has 0 spiro atoms. The van der Waals surface area contributed by atoms with Crippen LogP contribution in [0.25, 0.3) is 0 Å². The maximum absolute atomic E-state index is 5.62. The van der Waals surface area contributed by atoms with E-state index in [2.05, 4.69) is 48.6 Å². The summed E-state index contributed by atoms with van der Waals surface area (Å²) in [4.78, 5) is 0. The van der Waals surface area contributed by atoms with E-state index in [0.29, 0.717) is 6.04 Å². The third-order valence-electron chi connectivity index (χ3n) is 3.28. The molecule has 2 aromatic carbocycles. The Morgan fingerprint density at radius 1 is 0.810 bits per heavy atom. The molecule has 3 N–H and O–H groups in total. The van der Waals surface area contributed by atoms with E-state index in [4.69, 9.17) is 5.73 Å². The van der Waals surface area contributed by atoms with Gasteiger partial charge in [-0.1, -0.05) is 60.7 Å². The largest absolute Gasteiger partial charge is 0.328 e. The fourth-order valence-electron chi connectivity index (χ4n) is 2.06. The molecule has 0 aliphatic heterocycles. The number of nitrogens with two attached hydrogens (primary N) is 1. The molecule has 114 valence electrons. The van der Waals surface area contributed by atoms with Gasteiger partial charge >= 0.3 is 0 Å². The zero-order chi connectivity index (χ0) is 15.5. The van der Waals surface area contributed by atoms with Crippen LogP contribution in [0.4, 0.5) is 0 Å². The quantitative estimate of drug-likeness (QED) is 0.883. The lowest BCUT2D eigenvalue weighted by Crippen LogP contribution is -2.23. The van der Waals surface area contributed by atoms with E-state index in [1.807, 2.05) is 38.2 Å². The second-order valence-electron chi connectivity index (χ2n) is 5.55. The van der Waals surface area contributed by atoms with Crippen molar-refractivity contribution in [2.75, 3.05) is 7.05 Å². The van der Waals surface area contributed by atoms with Gasteiger partial charge in [-0.25, -0.2) is 0 Å². The number of benzene rings is 2. The van der Waals surface area contributed by atoms with Crippen LogP contribution in [0.5, 0.6) is 0 Å². The van der Waals surface area contributed by atoms with Crippen LogP contribution in [0.1, 0.15) is 25.0 Å². The molecule has 0 bridgehead atoms. The molecule has 0 heterocycles. The Kier molecular flexibility index (Phi) is 8.41. The fraction of sp³-hybridized carbons (Fsp3) is 0.368. The number of nitrogens with one attached hydrogen (secondary N) is 1. The summed E-state index contributed by atoms with van der Waals surface area (Å²) in [5.74, 6) is 0. The molecule has 2 nitrogen and oxygen atoms in total. The molecule has 0 aromatic heterocycles. The Morgan fingerprint density at radius 3 is 1.62 bits per heavy atom. The van der Waals surface area contributed by atoms with Crippen LogP contribution in [-0.4, -0.2) is 19.1 Å². The topological polar surface area (TPSA) is 38.0 Å². The maximum atomic E-state index is 5.62. The molecule has 21 heavy (non-hydrogen) atoms. The molecule has 0 saturated carbocycles. The summed E-state index contributed by atoms with van der Waals surface area (Å²) in [5.41, 5.74) is 8.34. The molecule has 0 amide bonds. The summed E-state index contributed by atoms with van der Waals surface area (Å²) in [6.45, 7) is 4.21. The number of likely N-dealkylation sites (N-methyl/N-ethyl adjacent to an activating group) is 1. The van der Waals surface area contributed by atoms with Crippen molar-refractivity contribution in [2.24, 2.45) is 5.73 Å². The second-order valence-corrected chi connectivity index (χ2v) is 5.55. The minimum Gasteiger partial charge on any atom is -0.328 e. The van der Waals surface area contributed by atoms with E-state index in [1.54, 1.807) is 0 Å². The summed E-state index contributed by atoms with van der Waals surface area (Å²) in [5, 5.41) is 3.21. The summed E-state index contributed by atoms with van der Waals surface area (Å²) in [6, 6.07) is 21.7. The predicted octanol–water partition coefficient (Wildman–Crippen LogP) is 3.41. The molecule has 0 fully saturated rings. The third-order valence-corrected chi connectivity index (χ3v) is 3.28.